The molecule has 1 saturated heterocycles. The number of aliphatic hydroxyl groups is 3. The molecule has 0 radical (unpaired) electrons. The molecule has 29 heavy (non-hydrogen) atoms. The van der Waals surface area contributed by atoms with Gasteiger partial charge in [-0.25, -0.2) is 4.79 Å². The van der Waals surface area contributed by atoms with Crippen LogP contribution in [0.15, 0.2) is 15.8 Å². The molecule has 0 amide bonds. The van der Waals surface area contributed by atoms with Crippen LogP contribution in [0.4, 0.5) is 0 Å². The molecular formula is C16H23N3O10. The van der Waals surface area contributed by atoms with E-state index in [2.05, 4.69) is 0 Å². The molecule has 162 valence electrons. The van der Waals surface area contributed by atoms with Crippen LogP contribution in [-0.4, -0.2) is 89.6 Å². The molecule has 2 heterocycles. The average Bonchev–Trinajstić information content (AvgIpc) is 2.92. The third-order valence-electron chi connectivity index (χ3n) is 4.59. The number of ether oxygens (including phenoxy) is 1. The number of carboxylic acids is 2. The van der Waals surface area contributed by atoms with E-state index in [0.29, 0.717) is 0 Å². The molecule has 0 bridgehead atoms. The van der Waals surface area contributed by atoms with Crippen molar-refractivity contribution in [3.05, 3.63) is 32.6 Å². The molecule has 13 heteroatoms. The van der Waals surface area contributed by atoms with Crippen molar-refractivity contribution in [2.24, 2.45) is 0 Å². The second-order valence-corrected chi connectivity index (χ2v) is 6.69. The van der Waals surface area contributed by atoms with Crippen LogP contribution in [0.5, 0.6) is 0 Å². The Balaban J connectivity index is 2.24. The molecule has 1 unspecified atom stereocenters. The van der Waals surface area contributed by atoms with Crippen LogP contribution in [-0.2, 0) is 14.3 Å². The number of aliphatic hydroxyl groups excluding tert-OH is 3. The van der Waals surface area contributed by atoms with E-state index in [0.717, 1.165) is 15.7 Å². The minimum absolute atomic E-state index is 0.142. The summed E-state index contributed by atoms with van der Waals surface area (Å²) in [5.74, 6) is -2.36. The number of nitrogens with one attached hydrogen (secondary N) is 1. The monoisotopic (exact) mass is 417 g/mol. The Morgan fingerprint density at radius 2 is 1.72 bits per heavy atom. The van der Waals surface area contributed by atoms with Gasteiger partial charge in [-0.1, -0.05) is 0 Å². The maximum atomic E-state index is 12.0. The fraction of sp³-hybridized carbons (Fsp3) is 0.625. The highest BCUT2D eigenvalue weighted by molar-refractivity contribution is 5.67. The second kappa shape index (κ2) is 9.28. The van der Waals surface area contributed by atoms with Crippen LogP contribution in [0.25, 0.3) is 0 Å². The van der Waals surface area contributed by atoms with Crippen molar-refractivity contribution in [1.29, 1.82) is 0 Å². The van der Waals surface area contributed by atoms with Gasteiger partial charge in [0.1, 0.15) is 24.5 Å². The molecule has 2 rings (SSSR count). The van der Waals surface area contributed by atoms with E-state index < -0.39 is 66.8 Å². The number of aromatic nitrogens is 2. The molecule has 1 aliphatic rings. The summed E-state index contributed by atoms with van der Waals surface area (Å²) in [6.45, 7) is 0.933. The molecule has 1 aromatic heterocycles. The van der Waals surface area contributed by atoms with Gasteiger partial charge in [-0.15, -0.1) is 0 Å². The molecular weight excluding hydrogens is 394 g/mol. The predicted molar refractivity (Wildman–Crippen MR) is 94.1 cm³/mol. The molecule has 1 aromatic rings. The Bertz CT molecular complexity index is 847. The van der Waals surface area contributed by atoms with Crippen molar-refractivity contribution in [2.45, 2.75) is 50.5 Å². The fourth-order valence-corrected chi connectivity index (χ4v) is 3.00. The maximum Gasteiger partial charge on any atom is 0.330 e. The van der Waals surface area contributed by atoms with Gasteiger partial charge in [0, 0.05) is 24.8 Å². The van der Waals surface area contributed by atoms with Gasteiger partial charge < -0.3 is 30.3 Å². The standard InChI is InChI=1S/C16H23N3O10/c1-7-6-19(16(28)17-13(7)26)15-11(25)10(24)12(29-15)14(27)18(4-2-8(20)21)5-3-9(22)23/h6,10-12,14-15,24-25,27H,2-5H2,1H3,(H,20,21)(H,22,23)(H,17,26,28)/t10-,11+,12-,14?,15+/m0/s1. The number of H-pyrrole nitrogens is 1. The number of hydrogen-bond acceptors (Lipinski definition) is 9. The van der Waals surface area contributed by atoms with Crippen molar-refractivity contribution in [1.82, 2.24) is 14.5 Å². The number of carboxylic acid groups (broad SMARTS) is 2. The van der Waals surface area contributed by atoms with Crippen LogP contribution < -0.4 is 11.2 Å². The summed E-state index contributed by atoms with van der Waals surface area (Å²) in [5.41, 5.74) is -1.39. The Hall–Kier alpha value is -2.58. The van der Waals surface area contributed by atoms with E-state index in [9.17, 15) is 34.5 Å². The molecule has 0 aliphatic carbocycles. The van der Waals surface area contributed by atoms with Gasteiger partial charge in [0.05, 0.1) is 12.8 Å². The van der Waals surface area contributed by atoms with Crippen LogP contribution in [0.2, 0.25) is 0 Å². The second-order valence-electron chi connectivity index (χ2n) is 6.69. The number of aromatic amines is 1. The van der Waals surface area contributed by atoms with Gasteiger partial charge in [0.2, 0.25) is 0 Å². The normalized spacial score (nSPS) is 25.3. The Morgan fingerprint density at radius 3 is 2.24 bits per heavy atom. The quantitative estimate of drug-likeness (QED) is 0.224. The summed E-state index contributed by atoms with van der Waals surface area (Å²) in [7, 11) is 0. The summed E-state index contributed by atoms with van der Waals surface area (Å²) in [5, 5.41) is 48.8. The summed E-state index contributed by atoms with van der Waals surface area (Å²) in [4.78, 5) is 48.3. The Morgan fingerprint density at radius 1 is 1.17 bits per heavy atom. The van der Waals surface area contributed by atoms with Crippen molar-refractivity contribution < 1.29 is 39.9 Å². The zero-order valence-corrected chi connectivity index (χ0v) is 15.5. The highest BCUT2D eigenvalue weighted by Gasteiger charge is 2.48. The lowest BCUT2D eigenvalue weighted by Crippen LogP contribution is -2.50. The molecule has 6 N–H and O–H groups in total. The zero-order valence-electron chi connectivity index (χ0n) is 15.5. The SMILES string of the molecule is Cc1cn([C@@H]2O[C@H](C(O)N(CCC(=O)O)CCC(=O)O)[C@@H](O)[C@H]2O)c(=O)[nH]c1=O. The number of aryl methyl sites for hydroxylation is 1. The predicted octanol–water partition coefficient (Wildman–Crippen LogP) is -2.97. The summed E-state index contributed by atoms with van der Waals surface area (Å²) in [6, 6.07) is 0. The summed E-state index contributed by atoms with van der Waals surface area (Å²) < 4.78 is 6.32. The van der Waals surface area contributed by atoms with E-state index >= 15 is 0 Å². The van der Waals surface area contributed by atoms with Crippen LogP contribution in [0.1, 0.15) is 24.6 Å². The van der Waals surface area contributed by atoms with Gasteiger partial charge in [-0.2, -0.15) is 0 Å². The third kappa shape index (κ3) is 5.27. The van der Waals surface area contributed by atoms with Crippen molar-refractivity contribution in [3.8, 4) is 0 Å². The van der Waals surface area contributed by atoms with E-state index in [4.69, 9.17) is 14.9 Å². The number of nitrogens with zero attached hydrogens (tertiary/aromatic N) is 2. The van der Waals surface area contributed by atoms with Crippen molar-refractivity contribution in [3.63, 3.8) is 0 Å². The molecule has 0 spiro atoms. The lowest BCUT2D eigenvalue weighted by molar-refractivity contribution is -0.150. The average molecular weight is 417 g/mol. The lowest BCUT2D eigenvalue weighted by Gasteiger charge is -2.31. The number of aliphatic carboxylic acids is 2. The molecule has 1 fully saturated rings. The Kier molecular flexibility index (Phi) is 7.26. The van der Waals surface area contributed by atoms with Crippen molar-refractivity contribution >= 4 is 11.9 Å². The first-order chi connectivity index (χ1) is 13.5. The molecule has 0 saturated carbocycles. The minimum Gasteiger partial charge on any atom is -0.481 e. The summed E-state index contributed by atoms with van der Waals surface area (Å²) in [6.07, 6.45) is -7.60. The van der Waals surface area contributed by atoms with E-state index in [1.54, 1.807) is 0 Å². The topological polar surface area (TPSA) is 203 Å². The zero-order chi connectivity index (χ0) is 21.9. The van der Waals surface area contributed by atoms with Gasteiger partial charge in [0.25, 0.3) is 5.56 Å². The minimum atomic E-state index is -1.67. The van der Waals surface area contributed by atoms with Gasteiger partial charge >= 0.3 is 17.6 Å². The number of rotatable bonds is 9. The Labute approximate surface area is 163 Å². The van der Waals surface area contributed by atoms with Gasteiger partial charge in [0.15, 0.2) is 6.23 Å². The largest absolute Gasteiger partial charge is 0.481 e. The fourth-order valence-electron chi connectivity index (χ4n) is 3.00. The maximum absolute atomic E-state index is 12.0. The molecule has 5 atom stereocenters. The first kappa shape index (κ1) is 22.7. The van der Waals surface area contributed by atoms with Crippen LogP contribution in [0.3, 0.4) is 0 Å². The van der Waals surface area contributed by atoms with Crippen LogP contribution >= 0.6 is 0 Å². The van der Waals surface area contributed by atoms with Gasteiger partial charge in [-0.05, 0) is 6.92 Å². The third-order valence-corrected chi connectivity index (χ3v) is 4.59. The highest BCUT2D eigenvalue weighted by atomic mass is 16.6. The first-order valence-electron chi connectivity index (χ1n) is 8.72. The highest BCUT2D eigenvalue weighted by Crippen LogP contribution is 2.31. The molecule has 0 aromatic carbocycles. The van der Waals surface area contributed by atoms with E-state index in [1.165, 1.54) is 6.92 Å². The number of hydrogen-bond donors (Lipinski definition) is 6. The van der Waals surface area contributed by atoms with Crippen LogP contribution in [0, 0.1) is 6.92 Å². The summed E-state index contributed by atoms with van der Waals surface area (Å²) >= 11 is 0. The van der Waals surface area contributed by atoms with Gasteiger partial charge in [-0.3, -0.25) is 28.8 Å². The smallest absolute Gasteiger partial charge is 0.330 e. The van der Waals surface area contributed by atoms with Crippen molar-refractivity contribution in [2.75, 3.05) is 13.1 Å². The van der Waals surface area contributed by atoms with E-state index in [1.807, 2.05) is 4.98 Å². The number of carbonyl (C=O) groups is 2. The lowest BCUT2D eigenvalue weighted by atomic mass is 10.1. The first-order valence-corrected chi connectivity index (χ1v) is 8.72. The molecule has 1 aliphatic heterocycles. The molecule has 13 nitrogen and oxygen atoms in total. The van der Waals surface area contributed by atoms with E-state index in [-0.39, 0.29) is 18.7 Å².